The summed E-state index contributed by atoms with van der Waals surface area (Å²) in [6.07, 6.45) is 0. The van der Waals surface area contributed by atoms with E-state index in [9.17, 15) is 4.79 Å². The van der Waals surface area contributed by atoms with Gasteiger partial charge in [0.1, 0.15) is 0 Å². The van der Waals surface area contributed by atoms with E-state index in [0.29, 0.717) is 16.7 Å². The second-order valence-electron chi connectivity index (χ2n) is 2.91. The van der Waals surface area contributed by atoms with Crippen molar-refractivity contribution in [2.24, 2.45) is 0 Å². The standard InChI is InChI=1S/C9H9N3O2/c1-5-3-4-6-7(9(13)14-2)11-12-8(6)10-5/h3-4H,1-2H3,(H,10,11,12). The van der Waals surface area contributed by atoms with Gasteiger partial charge < -0.3 is 4.74 Å². The van der Waals surface area contributed by atoms with E-state index in [1.165, 1.54) is 7.11 Å². The van der Waals surface area contributed by atoms with Gasteiger partial charge >= 0.3 is 5.97 Å². The number of hydrogen-bond donors (Lipinski definition) is 1. The summed E-state index contributed by atoms with van der Waals surface area (Å²) in [6.45, 7) is 1.87. The molecule has 0 bridgehead atoms. The van der Waals surface area contributed by atoms with Gasteiger partial charge in [-0.15, -0.1) is 0 Å². The molecule has 5 heteroatoms. The monoisotopic (exact) mass is 191 g/mol. The number of nitrogens with zero attached hydrogens (tertiary/aromatic N) is 2. The minimum atomic E-state index is -0.432. The zero-order valence-corrected chi connectivity index (χ0v) is 7.87. The molecular formula is C9H9N3O2. The highest BCUT2D eigenvalue weighted by molar-refractivity contribution is 6.00. The molecule has 0 aliphatic heterocycles. The maximum Gasteiger partial charge on any atom is 0.356 e. The van der Waals surface area contributed by atoms with Gasteiger partial charge in [-0.25, -0.2) is 9.78 Å². The molecule has 2 aromatic rings. The molecule has 2 heterocycles. The first kappa shape index (κ1) is 8.68. The molecule has 2 aromatic heterocycles. The van der Waals surface area contributed by atoms with Crippen molar-refractivity contribution in [2.75, 3.05) is 7.11 Å². The summed E-state index contributed by atoms with van der Waals surface area (Å²) in [7, 11) is 1.33. The molecule has 0 spiro atoms. The maximum atomic E-state index is 11.3. The quantitative estimate of drug-likeness (QED) is 0.684. The van der Waals surface area contributed by atoms with Crippen LogP contribution in [0.3, 0.4) is 0 Å². The molecule has 0 fully saturated rings. The number of rotatable bonds is 1. The molecule has 72 valence electrons. The number of nitrogens with one attached hydrogen (secondary N) is 1. The van der Waals surface area contributed by atoms with Crippen molar-refractivity contribution in [1.82, 2.24) is 15.2 Å². The van der Waals surface area contributed by atoms with Crippen molar-refractivity contribution in [1.29, 1.82) is 0 Å². The van der Waals surface area contributed by atoms with Crippen LogP contribution in [0.1, 0.15) is 16.2 Å². The summed E-state index contributed by atoms with van der Waals surface area (Å²) >= 11 is 0. The third-order valence-electron chi connectivity index (χ3n) is 1.95. The molecule has 0 amide bonds. The van der Waals surface area contributed by atoms with E-state index >= 15 is 0 Å². The van der Waals surface area contributed by atoms with E-state index < -0.39 is 5.97 Å². The summed E-state index contributed by atoms with van der Waals surface area (Å²) < 4.78 is 4.59. The van der Waals surface area contributed by atoms with Crippen molar-refractivity contribution in [2.45, 2.75) is 6.92 Å². The fourth-order valence-electron chi connectivity index (χ4n) is 1.25. The van der Waals surface area contributed by atoms with Crippen LogP contribution in [0.25, 0.3) is 11.0 Å². The van der Waals surface area contributed by atoms with Gasteiger partial charge in [0.25, 0.3) is 0 Å². The van der Waals surface area contributed by atoms with Crippen molar-refractivity contribution in [3.63, 3.8) is 0 Å². The Morgan fingerprint density at radius 2 is 2.29 bits per heavy atom. The SMILES string of the molecule is COC(=O)c1[nH]nc2nc(C)ccc12. The third-order valence-corrected chi connectivity index (χ3v) is 1.95. The largest absolute Gasteiger partial charge is 0.464 e. The first-order valence-electron chi connectivity index (χ1n) is 4.12. The predicted molar refractivity (Wildman–Crippen MR) is 50.0 cm³/mol. The molecule has 0 aliphatic carbocycles. The lowest BCUT2D eigenvalue weighted by atomic mass is 10.2. The number of pyridine rings is 1. The zero-order valence-electron chi connectivity index (χ0n) is 7.87. The average molecular weight is 191 g/mol. The Labute approximate surface area is 80.1 Å². The highest BCUT2D eigenvalue weighted by Crippen LogP contribution is 2.14. The molecule has 5 nitrogen and oxygen atoms in total. The van der Waals surface area contributed by atoms with Gasteiger partial charge in [-0.05, 0) is 19.1 Å². The second kappa shape index (κ2) is 3.10. The number of esters is 1. The van der Waals surface area contributed by atoms with E-state index in [1.807, 2.05) is 13.0 Å². The van der Waals surface area contributed by atoms with Crippen molar-refractivity contribution < 1.29 is 9.53 Å². The summed E-state index contributed by atoms with van der Waals surface area (Å²) in [5, 5.41) is 7.20. The van der Waals surface area contributed by atoms with E-state index in [-0.39, 0.29) is 0 Å². The molecule has 0 saturated heterocycles. The first-order chi connectivity index (χ1) is 6.72. The number of aromatic amines is 1. The minimum Gasteiger partial charge on any atom is -0.464 e. The number of aryl methyl sites for hydroxylation is 1. The molecule has 14 heavy (non-hydrogen) atoms. The van der Waals surface area contributed by atoms with Gasteiger partial charge in [0.2, 0.25) is 0 Å². The van der Waals surface area contributed by atoms with Crippen LogP contribution in [-0.2, 0) is 4.74 Å². The Morgan fingerprint density at radius 1 is 1.50 bits per heavy atom. The molecule has 0 saturated carbocycles. The number of carbonyl (C=O) groups is 1. The second-order valence-corrected chi connectivity index (χ2v) is 2.91. The van der Waals surface area contributed by atoms with Gasteiger partial charge in [-0.3, -0.25) is 5.10 Å². The normalized spacial score (nSPS) is 10.4. The lowest BCUT2D eigenvalue weighted by Crippen LogP contribution is -2.01. The number of H-pyrrole nitrogens is 1. The van der Waals surface area contributed by atoms with Crippen molar-refractivity contribution in [3.05, 3.63) is 23.5 Å². The maximum absolute atomic E-state index is 11.3. The summed E-state index contributed by atoms with van der Waals surface area (Å²) in [6, 6.07) is 3.62. The van der Waals surface area contributed by atoms with Gasteiger partial charge in [0, 0.05) is 5.69 Å². The Hall–Kier alpha value is -1.91. The number of fused-ring (bicyclic) bond motifs is 1. The zero-order chi connectivity index (χ0) is 10.1. The number of carbonyl (C=O) groups excluding carboxylic acids is 1. The Bertz CT molecular complexity index is 490. The number of methoxy groups -OCH3 is 1. The van der Waals surface area contributed by atoms with Crippen molar-refractivity contribution in [3.8, 4) is 0 Å². The number of ether oxygens (including phenoxy) is 1. The average Bonchev–Trinajstić information content (AvgIpc) is 2.59. The van der Waals surface area contributed by atoms with Crippen LogP contribution in [0.2, 0.25) is 0 Å². The fraction of sp³-hybridized carbons (Fsp3) is 0.222. The van der Waals surface area contributed by atoms with Crippen LogP contribution in [-0.4, -0.2) is 28.3 Å². The van der Waals surface area contributed by atoms with Crippen molar-refractivity contribution >= 4 is 17.0 Å². The lowest BCUT2D eigenvalue weighted by molar-refractivity contribution is 0.0596. The van der Waals surface area contributed by atoms with Crippen LogP contribution >= 0.6 is 0 Å². The molecule has 2 rings (SSSR count). The Balaban J connectivity index is 2.64. The minimum absolute atomic E-state index is 0.343. The van der Waals surface area contributed by atoms with Crippen LogP contribution in [0, 0.1) is 6.92 Å². The number of aromatic nitrogens is 3. The highest BCUT2D eigenvalue weighted by atomic mass is 16.5. The summed E-state index contributed by atoms with van der Waals surface area (Å²) in [5.41, 5.74) is 1.74. The van der Waals surface area contributed by atoms with Crippen LogP contribution in [0.15, 0.2) is 12.1 Å². The molecule has 0 atom stereocenters. The van der Waals surface area contributed by atoms with Crippen LogP contribution in [0.5, 0.6) is 0 Å². The van der Waals surface area contributed by atoms with Gasteiger partial charge in [-0.2, -0.15) is 5.10 Å². The molecule has 0 aromatic carbocycles. The Morgan fingerprint density at radius 3 is 3.00 bits per heavy atom. The van der Waals surface area contributed by atoms with E-state index in [1.54, 1.807) is 6.07 Å². The van der Waals surface area contributed by atoms with Gasteiger partial charge in [-0.1, -0.05) is 0 Å². The van der Waals surface area contributed by atoms with E-state index in [2.05, 4.69) is 19.9 Å². The third kappa shape index (κ3) is 1.22. The molecule has 0 radical (unpaired) electrons. The van der Waals surface area contributed by atoms with Crippen LogP contribution in [0.4, 0.5) is 0 Å². The van der Waals surface area contributed by atoms with Gasteiger partial charge in [0.05, 0.1) is 12.5 Å². The molecule has 1 N–H and O–H groups in total. The summed E-state index contributed by atoms with van der Waals surface area (Å²) in [4.78, 5) is 15.4. The molecular weight excluding hydrogens is 182 g/mol. The predicted octanol–water partition coefficient (Wildman–Crippen LogP) is 1.05. The molecule has 0 unspecified atom stereocenters. The van der Waals surface area contributed by atoms with E-state index in [4.69, 9.17) is 0 Å². The fourth-order valence-corrected chi connectivity index (χ4v) is 1.25. The molecule has 0 aliphatic rings. The summed E-state index contributed by atoms with van der Waals surface area (Å²) in [5.74, 6) is -0.432. The highest BCUT2D eigenvalue weighted by Gasteiger charge is 2.13. The first-order valence-corrected chi connectivity index (χ1v) is 4.12. The topological polar surface area (TPSA) is 67.9 Å². The Kier molecular flexibility index (Phi) is 1.92. The van der Waals surface area contributed by atoms with Crippen LogP contribution < -0.4 is 0 Å². The van der Waals surface area contributed by atoms with E-state index in [0.717, 1.165) is 5.69 Å². The smallest absolute Gasteiger partial charge is 0.356 e. The lowest BCUT2D eigenvalue weighted by Gasteiger charge is -1.95. The van der Waals surface area contributed by atoms with Gasteiger partial charge in [0.15, 0.2) is 11.3 Å². The number of hydrogen-bond acceptors (Lipinski definition) is 4.